The molecule has 0 aliphatic heterocycles. The van der Waals surface area contributed by atoms with Crippen LogP contribution in [0, 0.1) is 11.3 Å². The van der Waals surface area contributed by atoms with Gasteiger partial charge in [0.25, 0.3) is 5.56 Å². The average molecular weight is 186 g/mol. The van der Waals surface area contributed by atoms with Gasteiger partial charge in [0.15, 0.2) is 0 Å². The van der Waals surface area contributed by atoms with Gasteiger partial charge in [-0.3, -0.25) is 4.79 Å². The highest BCUT2D eigenvalue weighted by molar-refractivity contribution is 5.87. The number of benzene rings is 1. The third-order valence-corrected chi connectivity index (χ3v) is 2.01. The number of aromatic hydroxyl groups is 1. The maximum atomic E-state index is 11.3. The molecule has 0 atom stereocenters. The Kier molecular flexibility index (Phi) is 1.72. The zero-order valence-corrected chi connectivity index (χ0v) is 7.11. The van der Waals surface area contributed by atoms with Crippen LogP contribution in [0.3, 0.4) is 0 Å². The lowest BCUT2D eigenvalue weighted by Crippen LogP contribution is -2.05. The van der Waals surface area contributed by atoms with Gasteiger partial charge >= 0.3 is 0 Å². The first-order valence-corrected chi connectivity index (χ1v) is 3.97. The summed E-state index contributed by atoms with van der Waals surface area (Å²) in [5.74, 6) is 0.0121. The number of aromatic amines is 1. The number of nitriles is 1. The van der Waals surface area contributed by atoms with E-state index < -0.39 is 0 Å². The molecule has 0 radical (unpaired) electrons. The van der Waals surface area contributed by atoms with E-state index in [0.29, 0.717) is 16.3 Å². The predicted octanol–water partition coefficient (Wildman–Crippen LogP) is 1.11. The van der Waals surface area contributed by atoms with E-state index >= 15 is 0 Å². The molecule has 2 rings (SSSR count). The second kappa shape index (κ2) is 2.89. The number of nitrogens with zero attached hydrogens (tertiary/aromatic N) is 1. The molecule has 0 aliphatic carbocycles. The third kappa shape index (κ3) is 1.12. The van der Waals surface area contributed by atoms with Crippen LogP contribution in [0.1, 0.15) is 5.56 Å². The van der Waals surface area contributed by atoms with Crippen molar-refractivity contribution in [1.29, 1.82) is 5.26 Å². The molecule has 2 N–H and O–H groups in total. The fraction of sp³-hybridized carbons (Fsp3) is 0. The van der Waals surface area contributed by atoms with E-state index in [0.717, 1.165) is 0 Å². The predicted molar refractivity (Wildman–Crippen MR) is 50.9 cm³/mol. The first kappa shape index (κ1) is 8.32. The molecule has 4 heteroatoms. The zero-order valence-electron chi connectivity index (χ0n) is 7.11. The molecule has 0 unspecified atom stereocenters. The molecule has 0 saturated carbocycles. The van der Waals surface area contributed by atoms with E-state index in [-0.39, 0.29) is 11.3 Å². The van der Waals surface area contributed by atoms with E-state index in [2.05, 4.69) is 4.98 Å². The first-order valence-electron chi connectivity index (χ1n) is 3.97. The van der Waals surface area contributed by atoms with Gasteiger partial charge in [-0.15, -0.1) is 0 Å². The Labute approximate surface area is 79.0 Å². The number of phenols is 1. The Balaban J connectivity index is 3.01. The lowest BCUT2D eigenvalue weighted by Gasteiger charge is -1.98. The van der Waals surface area contributed by atoms with Crippen molar-refractivity contribution in [3.05, 3.63) is 40.3 Å². The molecular weight excluding hydrogens is 180 g/mol. The topological polar surface area (TPSA) is 76.9 Å². The van der Waals surface area contributed by atoms with Crippen LogP contribution in [-0.2, 0) is 0 Å². The van der Waals surface area contributed by atoms with Crippen LogP contribution in [0.25, 0.3) is 10.8 Å². The Morgan fingerprint density at radius 2 is 2.14 bits per heavy atom. The van der Waals surface area contributed by atoms with Crippen molar-refractivity contribution in [2.75, 3.05) is 0 Å². The van der Waals surface area contributed by atoms with Gasteiger partial charge in [0.2, 0.25) is 0 Å². The molecule has 1 aromatic carbocycles. The largest absolute Gasteiger partial charge is 0.508 e. The van der Waals surface area contributed by atoms with Crippen LogP contribution in [-0.4, -0.2) is 10.1 Å². The van der Waals surface area contributed by atoms with Gasteiger partial charge in [0, 0.05) is 11.6 Å². The monoisotopic (exact) mass is 186 g/mol. The van der Waals surface area contributed by atoms with Gasteiger partial charge in [0.1, 0.15) is 11.8 Å². The van der Waals surface area contributed by atoms with Crippen LogP contribution in [0.2, 0.25) is 0 Å². The molecule has 1 heterocycles. The molecule has 0 bridgehead atoms. The van der Waals surface area contributed by atoms with Crippen molar-refractivity contribution < 1.29 is 5.11 Å². The van der Waals surface area contributed by atoms with Gasteiger partial charge in [-0.2, -0.15) is 5.26 Å². The molecule has 0 fully saturated rings. The van der Waals surface area contributed by atoms with Gasteiger partial charge in [-0.25, -0.2) is 0 Å². The number of fused-ring (bicyclic) bond motifs is 1. The minimum atomic E-state index is -0.310. The lowest BCUT2D eigenvalue weighted by molar-refractivity contribution is 0.476. The molecule has 4 nitrogen and oxygen atoms in total. The average Bonchev–Trinajstić information content (AvgIpc) is 2.19. The third-order valence-electron chi connectivity index (χ3n) is 2.01. The summed E-state index contributed by atoms with van der Waals surface area (Å²) in [6.45, 7) is 0. The SMILES string of the molecule is N#Cc1c[nH]c(=O)c2cc(O)ccc12. The minimum Gasteiger partial charge on any atom is -0.508 e. The summed E-state index contributed by atoms with van der Waals surface area (Å²) in [6.07, 6.45) is 1.36. The Morgan fingerprint density at radius 3 is 2.86 bits per heavy atom. The van der Waals surface area contributed by atoms with Crippen molar-refractivity contribution in [3.63, 3.8) is 0 Å². The van der Waals surface area contributed by atoms with Crippen molar-refractivity contribution >= 4 is 10.8 Å². The molecule has 0 amide bonds. The number of nitrogens with one attached hydrogen (secondary N) is 1. The Hall–Kier alpha value is -2.28. The van der Waals surface area contributed by atoms with Crippen molar-refractivity contribution in [1.82, 2.24) is 4.98 Å². The molecule has 0 aliphatic rings. The fourth-order valence-corrected chi connectivity index (χ4v) is 1.34. The van der Waals surface area contributed by atoms with E-state index in [1.807, 2.05) is 6.07 Å². The smallest absolute Gasteiger partial charge is 0.256 e. The van der Waals surface area contributed by atoms with Crippen LogP contribution >= 0.6 is 0 Å². The number of pyridine rings is 1. The highest BCUT2D eigenvalue weighted by atomic mass is 16.3. The molecule has 1 aromatic heterocycles. The van der Waals surface area contributed by atoms with Crippen LogP contribution in [0.5, 0.6) is 5.75 Å². The van der Waals surface area contributed by atoms with E-state index in [1.165, 1.54) is 18.3 Å². The highest BCUT2D eigenvalue weighted by Gasteiger charge is 2.04. The summed E-state index contributed by atoms with van der Waals surface area (Å²) in [5, 5.41) is 18.8. The zero-order chi connectivity index (χ0) is 10.1. The lowest BCUT2D eigenvalue weighted by atomic mass is 10.1. The summed E-state index contributed by atoms with van der Waals surface area (Å²) in [7, 11) is 0. The number of hydrogen-bond acceptors (Lipinski definition) is 3. The highest BCUT2D eigenvalue weighted by Crippen LogP contribution is 2.18. The van der Waals surface area contributed by atoms with E-state index in [1.54, 1.807) is 6.07 Å². The second-order valence-electron chi connectivity index (χ2n) is 2.87. The maximum Gasteiger partial charge on any atom is 0.256 e. The molecule has 0 saturated heterocycles. The molecule has 2 aromatic rings. The van der Waals surface area contributed by atoms with E-state index in [4.69, 9.17) is 5.26 Å². The van der Waals surface area contributed by atoms with Crippen molar-refractivity contribution in [3.8, 4) is 11.8 Å². The Bertz CT molecular complexity index is 593. The van der Waals surface area contributed by atoms with Crippen molar-refractivity contribution in [2.24, 2.45) is 0 Å². The summed E-state index contributed by atoms with van der Waals surface area (Å²) in [6, 6.07) is 6.31. The van der Waals surface area contributed by atoms with Crippen molar-refractivity contribution in [2.45, 2.75) is 0 Å². The molecular formula is C10H6N2O2. The van der Waals surface area contributed by atoms with Crippen LogP contribution in [0.4, 0.5) is 0 Å². The second-order valence-corrected chi connectivity index (χ2v) is 2.87. The van der Waals surface area contributed by atoms with Crippen LogP contribution in [0.15, 0.2) is 29.2 Å². The molecule has 0 spiro atoms. The number of aromatic nitrogens is 1. The number of hydrogen-bond donors (Lipinski definition) is 2. The molecule has 68 valence electrons. The fourth-order valence-electron chi connectivity index (χ4n) is 1.34. The summed E-state index contributed by atoms with van der Waals surface area (Å²) >= 11 is 0. The van der Waals surface area contributed by atoms with Crippen LogP contribution < -0.4 is 5.56 Å². The molecule has 14 heavy (non-hydrogen) atoms. The van der Waals surface area contributed by atoms with E-state index in [9.17, 15) is 9.90 Å². The number of rotatable bonds is 0. The van der Waals surface area contributed by atoms with Gasteiger partial charge in [-0.05, 0) is 18.2 Å². The quantitative estimate of drug-likeness (QED) is 0.646. The van der Waals surface area contributed by atoms with Gasteiger partial charge in [-0.1, -0.05) is 0 Å². The maximum absolute atomic E-state index is 11.3. The van der Waals surface area contributed by atoms with Gasteiger partial charge < -0.3 is 10.1 Å². The summed E-state index contributed by atoms with van der Waals surface area (Å²) in [4.78, 5) is 13.8. The minimum absolute atomic E-state index is 0.0121. The van der Waals surface area contributed by atoms with Gasteiger partial charge in [0.05, 0.1) is 10.9 Å². The Morgan fingerprint density at radius 1 is 1.36 bits per heavy atom. The normalized spacial score (nSPS) is 9.93. The number of phenolic OH excluding ortho intramolecular Hbond substituents is 1. The standard InChI is InChI=1S/C10H6N2O2/c11-4-6-5-12-10(14)9-3-7(13)1-2-8(6)9/h1-3,5,13H,(H,12,14). The summed E-state index contributed by atoms with van der Waals surface area (Å²) in [5.41, 5.74) is 0.0782. The number of H-pyrrole nitrogens is 1. The first-order chi connectivity index (χ1) is 6.72. The summed E-state index contributed by atoms with van der Waals surface area (Å²) < 4.78 is 0.